The predicted octanol–water partition coefficient (Wildman–Crippen LogP) is 1.26. The van der Waals surface area contributed by atoms with Gasteiger partial charge in [0, 0.05) is 32.4 Å². The first kappa shape index (κ1) is 14.1. The van der Waals surface area contributed by atoms with E-state index in [2.05, 4.69) is 6.92 Å². The van der Waals surface area contributed by atoms with E-state index in [-0.39, 0.29) is 24.4 Å². The summed E-state index contributed by atoms with van der Waals surface area (Å²) in [6.45, 7) is 3.65. The molecule has 1 saturated heterocycles. The van der Waals surface area contributed by atoms with E-state index in [1.807, 2.05) is 34.8 Å². The number of carbonyl (C=O) groups is 1. The molecule has 0 aliphatic carbocycles. The van der Waals surface area contributed by atoms with E-state index in [1.54, 1.807) is 0 Å². The van der Waals surface area contributed by atoms with Crippen LogP contribution in [0.15, 0.2) is 18.3 Å². The van der Waals surface area contributed by atoms with Gasteiger partial charge in [-0.15, -0.1) is 12.4 Å². The van der Waals surface area contributed by atoms with E-state index in [0.717, 1.165) is 25.2 Å². The molecule has 1 aliphatic rings. The van der Waals surface area contributed by atoms with Gasteiger partial charge >= 0.3 is 0 Å². The number of piperidine rings is 1. The van der Waals surface area contributed by atoms with Crippen molar-refractivity contribution in [3.8, 4) is 0 Å². The van der Waals surface area contributed by atoms with Crippen molar-refractivity contribution < 1.29 is 4.79 Å². The van der Waals surface area contributed by atoms with Gasteiger partial charge in [0.05, 0.1) is 0 Å². The second kappa shape index (κ2) is 5.56. The van der Waals surface area contributed by atoms with Gasteiger partial charge in [-0.25, -0.2) is 0 Å². The van der Waals surface area contributed by atoms with Gasteiger partial charge in [-0.3, -0.25) is 4.79 Å². The Balaban J connectivity index is 0.00000144. The van der Waals surface area contributed by atoms with E-state index in [0.29, 0.717) is 5.92 Å². The Morgan fingerprint density at radius 2 is 2.24 bits per heavy atom. The van der Waals surface area contributed by atoms with Crippen LogP contribution in [0.2, 0.25) is 0 Å². The van der Waals surface area contributed by atoms with E-state index >= 15 is 0 Å². The fourth-order valence-corrected chi connectivity index (χ4v) is 2.19. The number of aryl methyl sites for hydroxylation is 1. The number of halogens is 1. The molecule has 1 fully saturated rings. The van der Waals surface area contributed by atoms with Crippen molar-refractivity contribution in [2.24, 2.45) is 18.7 Å². The Hall–Kier alpha value is -1.00. The van der Waals surface area contributed by atoms with Crippen molar-refractivity contribution >= 4 is 18.3 Å². The number of likely N-dealkylation sites (tertiary alicyclic amines) is 1. The van der Waals surface area contributed by atoms with Gasteiger partial charge in [0.2, 0.25) is 0 Å². The van der Waals surface area contributed by atoms with Crippen LogP contribution in [0.5, 0.6) is 0 Å². The van der Waals surface area contributed by atoms with Crippen LogP contribution >= 0.6 is 12.4 Å². The summed E-state index contributed by atoms with van der Waals surface area (Å²) < 4.78 is 1.86. The average molecular weight is 258 g/mol. The number of nitrogens with two attached hydrogens (primary N) is 1. The summed E-state index contributed by atoms with van der Waals surface area (Å²) in [6, 6.07) is 3.99. The summed E-state index contributed by atoms with van der Waals surface area (Å²) in [7, 11) is 1.90. The Morgan fingerprint density at radius 1 is 1.53 bits per heavy atom. The van der Waals surface area contributed by atoms with E-state index in [9.17, 15) is 4.79 Å². The van der Waals surface area contributed by atoms with Crippen LogP contribution in [0.4, 0.5) is 0 Å². The lowest BCUT2D eigenvalue weighted by molar-refractivity contribution is 0.0654. The number of nitrogens with zero attached hydrogens (tertiary/aromatic N) is 2. The largest absolute Gasteiger partial charge is 0.347 e. The lowest BCUT2D eigenvalue weighted by atomic mass is 9.94. The van der Waals surface area contributed by atoms with Crippen molar-refractivity contribution in [2.45, 2.75) is 19.4 Å². The zero-order valence-corrected chi connectivity index (χ0v) is 11.1. The molecule has 1 amide bonds. The van der Waals surface area contributed by atoms with Gasteiger partial charge in [0.25, 0.3) is 5.91 Å². The molecule has 1 aromatic heterocycles. The maximum Gasteiger partial charge on any atom is 0.270 e. The highest BCUT2D eigenvalue weighted by molar-refractivity contribution is 5.92. The molecule has 5 heteroatoms. The molecule has 17 heavy (non-hydrogen) atoms. The van der Waals surface area contributed by atoms with Crippen molar-refractivity contribution in [3.63, 3.8) is 0 Å². The number of rotatable bonds is 1. The molecule has 2 atom stereocenters. The van der Waals surface area contributed by atoms with Gasteiger partial charge in [-0.05, 0) is 24.5 Å². The number of hydrogen-bond donors (Lipinski definition) is 1. The molecule has 96 valence electrons. The minimum Gasteiger partial charge on any atom is -0.347 e. The van der Waals surface area contributed by atoms with Gasteiger partial charge in [-0.2, -0.15) is 0 Å². The second-order valence-corrected chi connectivity index (χ2v) is 4.69. The topological polar surface area (TPSA) is 51.3 Å². The van der Waals surface area contributed by atoms with Crippen LogP contribution in [0.25, 0.3) is 0 Å². The maximum absolute atomic E-state index is 12.2. The quantitative estimate of drug-likeness (QED) is 0.824. The minimum absolute atomic E-state index is 0. The molecular formula is C12H20ClN3O. The molecule has 4 nitrogen and oxygen atoms in total. The second-order valence-electron chi connectivity index (χ2n) is 4.69. The number of amides is 1. The summed E-state index contributed by atoms with van der Waals surface area (Å²) in [4.78, 5) is 14.1. The van der Waals surface area contributed by atoms with Gasteiger partial charge in [0.15, 0.2) is 0 Å². The first-order valence-electron chi connectivity index (χ1n) is 5.76. The van der Waals surface area contributed by atoms with Crippen molar-refractivity contribution in [1.29, 1.82) is 0 Å². The van der Waals surface area contributed by atoms with Crippen LogP contribution in [0, 0.1) is 5.92 Å². The van der Waals surface area contributed by atoms with E-state index in [4.69, 9.17) is 5.73 Å². The minimum atomic E-state index is 0. The summed E-state index contributed by atoms with van der Waals surface area (Å²) in [5, 5.41) is 0. The molecule has 0 radical (unpaired) electrons. The Morgan fingerprint density at radius 3 is 2.76 bits per heavy atom. The Bertz CT molecular complexity index is 391. The average Bonchev–Trinajstić information content (AvgIpc) is 2.67. The van der Waals surface area contributed by atoms with Crippen molar-refractivity contribution in [3.05, 3.63) is 24.0 Å². The number of hydrogen-bond acceptors (Lipinski definition) is 2. The fraction of sp³-hybridized carbons (Fsp3) is 0.583. The van der Waals surface area contributed by atoms with Crippen LogP contribution < -0.4 is 5.73 Å². The van der Waals surface area contributed by atoms with E-state index in [1.165, 1.54) is 0 Å². The highest BCUT2D eigenvalue weighted by Crippen LogP contribution is 2.17. The fourth-order valence-electron chi connectivity index (χ4n) is 2.19. The third-order valence-electron chi connectivity index (χ3n) is 3.42. The third kappa shape index (κ3) is 2.82. The first-order chi connectivity index (χ1) is 7.59. The summed E-state index contributed by atoms with van der Waals surface area (Å²) >= 11 is 0. The van der Waals surface area contributed by atoms with Gasteiger partial charge in [0.1, 0.15) is 5.69 Å². The molecule has 2 heterocycles. The van der Waals surface area contributed by atoms with Crippen LogP contribution in [0.3, 0.4) is 0 Å². The zero-order chi connectivity index (χ0) is 11.7. The smallest absolute Gasteiger partial charge is 0.270 e. The van der Waals surface area contributed by atoms with Crippen LogP contribution in [0.1, 0.15) is 23.8 Å². The van der Waals surface area contributed by atoms with Crippen LogP contribution in [-0.2, 0) is 7.05 Å². The number of aromatic nitrogens is 1. The highest BCUT2D eigenvalue weighted by Gasteiger charge is 2.27. The molecular weight excluding hydrogens is 238 g/mol. The molecule has 0 spiro atoms. The maximum atomic E-state index is 12.2. The third-order valence-corrected chi connectivity index (χ3v) is 3.42. The molecule has 2 unspecified atom stereocenters. The van der Waals surface area contributed by atoms with Crippen molar-refractivity contribution in [1.82, 2.24) is 9.47 Å². The molecule has 2 N–H and O–H groups in total. The molecule has 1 aromatic rings. The Labute approximate surface area is 108 Å². The molecule has 0 aromatic carbocycles. The lowest BCUT2D eigenvalue weighted by Gasteiger charge is -2.35. The standard InChI is InChI=1S/C12H19N3O.ClH/c1-9-8-15(7-5-10(9)13)12(16)11-4-3-6-14(11)2;/h3-4,6,9-10H,5,7-8,13H2,1-2H3;1H. The van der Waals surface area contributed by atoms with Crippen molar-refractivity contribution in [2.75, 3.05) is 13.1 Å². The zero-order valence-electron chi connectivity index (χ0n) is 10.3. The normalized spacial score (nSPS) is 24.3. The molecule has 2 rings (SSSR count). The summed E-state index contributed by atoms with van der Waals surface area (Å²) in [5.41, 5.74) is 6.70. The van der Waals surface area contributed by atoms with Crippen LogP contribution in [-0.4, -0.2) is 34.5 Å². The monoisotopic (exact) mass is 257 g/mol. The molecule has 0 saturated carbocycles. The van der Waals surface area contributed by atoms with Gasteiger partial charge < -0.3 is 15.2 Å². The van der Waals surface area contributed by atoms with Gasteiger partial charge in [-0.1, -0.05) is 6.92 Å². The summed E-state index contributed by atoms with van der Waals surface area (Å²) in [5.74, 6) is 0.504. The summed E-state index contributed by atoms with van der Waals surface area (Å²) in [6.07, 6.45) is 2.80. The molecule has 1 aliphatic heterocycles. The highest BCUT2D eigenvalue weighted by atomic mass is 35.5. The molecule has 0 bridgehead atoms. The Kier molecular flexibility index (Phi) is 4.60. The first-order valence-corrected chi connectivity index (χ1v) is 5.76. The predicted molar refractivity (Wildman–Crippen MR) is 70.3 cm³/mol. The lowest BCUT2D eigenvalue weighted by Crippen LogP contribution is -2.48. The SMILES string of the molecule is CC1CN(C(=O)c2cccn2C)CCC1N.Cl. The number of carbonyl (C=O) groups excluding carboxylic acids is 1. The van der Waals surface area contributed by atoms with E-state index < -0.39 is 0 Å².